The van der Waals surface area contributed by atoms with Crippen molar-refractivity contribution in [3.8, 4) is 5.75 Å². The number of aliphatic imine (C=N–C) groups is 1. The molecule has 6 N–H and O–H groups in total. The van der Waals surface area contributed by atoms with Crippen LogP contribution >= 0.6 is 23.2 Å². The van der Waals surface area contributed by atoms with Crippen molar-refractivity contribution < 1.29 is 9.90 Å². The molecule has 0 unspecified atom stereocenters. The molecule has 2 amide bonds. The number of nitrogens with two attached hydrogens (primary N) is 2. The molecule has 0 radical (unpaired) electrons. The van der Waals surface area contributed by atoms with Crippen LogP contribution in [0.4, 0.5) is 4.79 Å². The third kappa shape index (κ3) is 4.18. The Morgan fingerprint density at radius 1 is 1.44 bits per heavy atom. The third-order valence-electron chi connectivity index (χ3n) is 3.53. The summed E-state index contributed by atoms with van der Waals surface area (Å²) in [6.07, 6.45) is 0. The highest BCUT2D eigenvalue weighted by Gasteiger charge is 2.30. The summed E-state index contributed by atoms with van der Waals surface area (Å²) in [6, 6.07) is 2.56. The molecule has 1 heterocycles. The summed E-state index contributed by atoms with van der Waals surface area (Å²) in [5.74, 6) is -0.161. The molecule has 0 aliphatic carbocycles. The number of benzene rings is 1. The Labute approximate surface area is 155 Å². The van der Waals surface area contributed by atoms with Crippen molar-refractivity contribution in [3.63, 3.8) is 0 Å². The number of hydrogen-bond acceptors (Lipinski definition) is 5. The first-order valence-electron chi connectivity index (χ1n) is 7.46. The first kappa shape index (κ1) is 19.0. The van der Waals surface area contributed by atoms with Crippen LogP contribution in [0.1, 0.15) is 12.5 Å². The van der Waals surface area contributed by atoms with E-state index in [9.17, 15) is 9.90 Å². The summed E-state index contributed by atoms with van der Waals surface area (Å²) in [7, 11) is 0. The zero-order chi connectivity index (χ0) is 18.7. The van der Waals surface area contributed by atoms with E-state index in [1.165, 1.54) is 17.0 Å². The Morgan fingerprint density at radius 2 is 2.12 bits per heavy atom. The van der Waals surface area contributed by atoms with Gasteiger partial charge in [0.25, 0.3) is 0 Å². The van der Waals surface area contributed by atoms with Crippen molar-refractivity contribution >= 4 is 34.9 Å². The molecule has 0 bridgehead atoms. The fraction of sp³-hybridized carbons (Fsp3) is 0.250. The predicted molar refractivity (Wildman–Crippen MR) is 99.9 cm³/mol. The molecule has 0 spiro atoms. The molecule has 2 rings (SSSR count). The normalized spacial score (nSPS) is 14.8. The quantitative estimate of drug-likeness (QED) is 0.595. The molecule has 0 aromatic heterocycles. The minimum atomic E-state index is -0.252. The summed E-state index contributed by atoms with van der Waals surface area (Å²) >= 11 is 12.1. The highest BCUT2D eigenvalue weighted by molar-refractivity contribution is 6.38. The zero-order valence-electron chi connectivity index (χ0n) is 13.6. The van der Waals surface area contributed by atoms with Gasteiger partial charge < -0.3 is 26.8 Å². The van der Waals surface area contributed by atoms with Crippen LogP contribution in [0.2, 0.25) is 10.0 Å². The molecule has 7 nitrogen and oxygen atoms in total. The van der Waals surface area contributed by atoms with Gasteiger partial charge in [0.15, 0.2) is 0 Å². The summed E-state index contributed by atoms with van der Waals surface area (Å²) in [5.41, 5.74) is 13.2. The van der Waals surface area contributed by atoms with Crippen LogP contribution in [0.3, 0.4) is 0 Å². The lowest BCUT2D eigenvalue weighted by Crippen LogP contribution is -2.39. The van der Waals surface area contributed by atoms with Crippen LogP contribution < -0.4 is 16.8 Å². The smallest absolute Gasteiger partial charge is 0.318 e. The van der Waals surface area contributed by atoms with Gasteiger partial charge in [-0.1, -0.05) is 29.8 Å². The van der Waals surface area contributed by atoms with Crippen molar-refractivity contribution in [2.75, 3.05) is 19.6 Å². The van der Waals surface area contributed by atoms with Gasteiger partial charge in [-0.2, -0.15) is 0 Å². The number of urea groups is 1. The number of nitrogens with zero attached hydrogens (tertiary/aromatic N) is 2. The minimum absolute atomic E-state index is 0.0113. The summed E-state index contributed by atoms with van der Waals surface area (Å²) in [4.78, 5) is 17.8. The van der Waals surface area contributed by atoms with Crippen molar-refractivity contribution in [2.24, 2.45) is 16.5 Å². The van der Waals surface area contributed by atoms with Gasteiger partial charge in [-0.05, 0) is 19.1 Å². The Bertz CT molecular complexity index is 766. The predicted octanol–water partition coefficient (Wildman–Crippen LogP) is 2.18. The fourth-order valence-corrected chi connectivity index (χ4v) is 3.07. The number of halogens is 2. The molecule has 1 aromatic rings. The number of amides is 2. The van der Waals surface area contributed by atoms with Gasteiger partial charge in [0, 0.05) is 22.8 Å². The van der Waals surface area contributed by atoms with E-state index < -0.39 is 0 Å². The van der Waals surface area contributed by atoms with E-state index in [1.807, 2.05) is 6.92 Å². The second-order valence-electron chi connectivity index (χ2n) is 5.43. The lowest BCUT2D eigenvalue weighted by Gasteiger charge is -2.17. The van der Waals surface area contributed by atoms with Crippen LogP contribution in [0, 0.1) is 0 Å². The van der Waals surface area contributed by atoms with Crippen molar-refractivity contribution in [1.29, 1.82) is 0 Å². The molecule has 0 atom stereocenters. The van der Waals surface area contributed by atoms with E-state index in [2.05, 4.69) is 16.9 Å². The Balaban J connectivity index is 2.49. The van der Waals surface area contributed by atoms with E-state index in [1.54, 1.807) is 0 Å². The van der Waals surface area contributed by atoms with E-state index >= 15 is 0 Å². The van der Waals surface area contributed by atoms with E-state index in [-0.39, 0.29) is 52.0 Å². The molecule has 0 saturated carbocycles. The van der Waals surface area contributed by atoms with E-state index in [4.69, 9.17) is 34.7 Å². The van der Waals surface area contributed by atoms with Crippen LogP contribution in [-0.4, -0.2) is 41.4 Å². The second kappa shape index (κ2) is 7.67. The van der Waals surface area contributed by atoms with Gasteiger partial charge in [-0.15, -0.1) is 0 Å². The Hall–Kier alpha value is -2.38. The first-order chi connectivity index (χ1) is 11.7. The molecule has 0 fully saturated rings. The van der Waals surface area contributed by atoms with Crippen LogP contribution in [-0.2, 0) is 0 Å². The molecule has 1 aliphatic heterocycles. The van der Waals surface area contributed by atoms with Gasteiger partial charge in [0.05, 0.1) is 29.4 Å². The topological polar surface area (TPSA) is 117 Å². The number of aromatic hydroxyl groups is 1. The standard InChI is InChI=1S/C16H19Cl2N5O2/c1-3-21-16(25)23-6-10(12(20)7-23)15(22-8(2)19)14-11(18)4-9(17)5-13(14)24/h4-5,24H,2-3,6-7,19-20H2,1H3,(H,21,25). The number of carbonyl (C=O) groups is 1. The Morgan fingerprint density at radius 3 is 2.68 bits per heavy atom. The van der Waals surface area contributed by atoms with Crippen molar-refractivity contribution in [2.45, 2.75) is 6.92 Å². The fourth-order valence-electron chi connectivity index (χ4n) is 2.50. The number of carbonyl (C=O) groups excluding carboxylic acids is 1. The van der Waals surface area contributed by atoms with Gasteiger partial charge in [0.2, 0.25) is 0 Å². The lowest BCUT2D eigenvalue weighted by molar-refractivity contribution is 0.210. The maximum Gasteiger partial charge on any atom is 0.318 e. The largest absolute Gasteiger partial charge is 0.507 e. The second-order valence-corrected chi connectivity index (χ2v) is 6.27. The zero-order valence-corrected chi connectivity index (χ0v) is 15.2. The molecule has 0 saturated heterocycles. The number of phenolic OH excluding ortho intramolecular Hbond substituents is 1. The lowest BCUT2D eigenvalue weighted by atomic mass is 10.0. The third-order valence-corrected chi connectivity index (χ3v) is 4.04. The summed E-state index contributed by atoms with van der Waals surface area (Å²) in [6.45, 7) is 6.30. The van der Waals surface area contributed by atoms with Gasteiger partial charge in [-0.25, -0.2) is 9.79 Å². The number of phenols is 1. The van der Waals surface area contributed by atoms with E-state index in [0.29, 0.717) is 17.8 Å². The molecule has 9 heteroatoms. The molecular formula is C16H19Cl2N5O2. The van der Waals surface area contributed by atoms with E-state index in [0.717, 1.165) is 0 Å². The van der Waals surface area contributed by atoms with Gasteiger partial charge in [0.1, 0.15) is 11.6 Å². The monoisotopic (exact) mass is 383 g/mol. The molecular weight excluding hydrogens is 365 g/mol. The maximum absolute atomic E-state index is 12.1. The van der Waals surface area contributed by atoms with Crippen LogP contribution in [0.25, 0.3) is 0 Å². The van der Waals surface area contributed by atoms with Crippen molar-refractivity contribution in [3.05, 3.63) is 51.4 Å². The highest BCUT2D eigenvalue weighted by Crippen LogP contribution is 2.34. The first-order valence-corrected chi connectivity index (χ1v) is 8.22. The van der Waals surface area contributed by atoms with Crippen LogP contribution in [0.15, 0.2) is 40.8 Å². The Kier molecular flexibility index (Phi) is 5.81. The maximum atomic E-state index is 12.1. The average Bonchev–Trinajstić information content (AvgIpc) is 2.87. The molecule has 1 aliphatic rings. The van der Waals surface area contributed by atoms with Gasteiger partial charge >= 0.3 is 6.03 Å². The van der Waals surface area contributed by atoms with Crippen LogP contribution in [0.5, 0.6) is 5.75 Å². The molecule has 134 valence electrons. The molecule has 25 heavy (non-hydrogen) atoms. The SMILES string of the molecule is C=C(N)N=C(C1=C(N)CN(C(=O)NCC)C1)c1c(O)cc(Cl)cc1Cl. The minimum Gasteiger partial charge on any atom is -0.507 e. The number of rotatable bonds is 4. The highest BCUT2D eigenvalue weighted by atomic mass is 35.5. The van der Waals surface area contributed by atoms with Crippen molar-refractivity contribution in [1.82, 2.24) is 10.2 Å². The number of hydrogen-bond donors (Lipinski definition) is 4. The number of nitrogens with one attached hydrogen (secondary N) is 1. The average molecular weight is 384 g/mol. The molecule has 1 aromatic carbocycles. The van der Waals surface area contributed by atoms with Gasteiger partial charge in [-0.3, -0.25) is 0 Å². The summed E-state index contributed by atoms with van der Waals surface area (Å²) < 4.78 is 0. The summed E-state index contributed by atoms with van der Waals surface area (Å²) in [5, 5.41) is 13.4.